The minimum Gasteiger partial charge on any atom is -0.480 e. The lowest BCUT2D eigenvalue weighted by Gasteiger charge is -2.26. The highest BCUT2D eigenvalue weighted by Crippen LogP contribution is 2.35. The van der Waals surface area contributed by atoms with Gasteiger partial charge in [0.25, 0.3) is 0 Å². The molecule has 0 spiro atoms. The van der Waals surface area contributed by atoms with Gasteiger partial charge in [0.05, 0.1) is 10.0 Å². The highest BCUT2D eigenvalue weighted by Gasteiger charge is 2.41. The van der Waals surface area contributed by atoms with Gasteiger partial charge in [-0.15, -0.1) is 0 Å². The zero-order chi connectivity index (χ0) is 12.5. The van der Waals surface area contributed by atoms with Crippen molar-refractivity contribution in [1.82, 2.24) is 0 Å². The van der Waals surface area contributed by atoms with Crippen molar-refractivity contribution in [3.8, 4) is 0 Å². The molecular weight excluding hydrogens is 261 g/mol. The van der Waals surface area contributed by atoms with Crippen molar-refractivity contribution in [1.29, 1.82) is 0 Å². The highest BCUT2D eigenvalue weighted by atomic mass is 35.5. The number of carbonyl (C=O) groups is 1. The summed E-state index contributed by atoms with van der Waals surface area (Å²) in [6.07, 6.45) is 3.15. The van der Waals surface area contributed by atoms with Crippen LogP contribution >= 0.6 is 23.2 Å². The number of benzene rings is 1. The van der Waals surface area contributed by atoms with Crippen molar-refractivity contribution in [2.45, 2.75) is 31.2 Å². The Morgan fingerprint density at radius 1 is 1.24 bits per heavy atom. The summed E-state index contributed by atoms with van der Waals surface area (Å²) in [5, 5.41) is 13.3. The molecule has 0 heterocycles. The van der Waals surface area contributed by atoms with Gasteiger partial charge in [0.1, 0.15) is 5.54 Å². The van der Waals surface area contributed by atoms with Gasteiger partial charge in [-0.1, -0.05) is 36.0 Å². The minimum absolute atomic E-state index is 0.426. The number of halogens is 2. The number of carboxylic acids is 1. The fourth-order valence-electron chi connectivity index (χ4n) is 2.22. The maximum atomic E-state index is 11.4. The number of hydrogen-bond donors (Lipinski definition) is 2. The summed E-state index contributed by atoms with van der Waals surface area (Å²) in [6, 6.07) is 5.07. The van der Waals surface area contributed by atoms with Gasteiger partial charge in [-0.05, 0) is 31.0 Å². The smallest absolute Gasteiger partial charge is 0.329 e. The third-order valence-corrected chi connectivity index (χ3v) is 3.91. The molecule has 1 aliphatic rings. The number of carboxylic acid groups (broad SMARTS) is 1. The first kappa shape index (κ1) is 12.5. The van der Waals surface area contributed by atoms with Gasteiger partial charge in [0, 0.05) is 5.69 Å². The van der Waals surface area contributed by atoms with Crippen molar-refractivity contribution in [2.24, 2.45) is 0 Å². The lowest BCUT2D eigenvalue weighted by Crippen LogP contribution is -2.43. The molecule has 0 aromatic heterocycles. The molecule has 1 aromatic carbocycles. The van der Waals surface area contributed by atoms with Gasteiger partial charge < -0.3 is 10.4 Å². The first-order valence-corrected chi connectivity index (χ1v) is 6.26. The average Bonchev–Trinajstić information content (AvgIpc) is 2.73. The Bertz CT molecular complexity index is 442. The molecule has 1 aliphatic carbocycles. The quantitative estimate of drug-likeness (QED) is 0.881. The van der Waals surface area contributed by atoms with Crippen LogP contribution in [0.25, 0.3) is 0 Å². The Kier molecular flexibility index (Phi) is 3.50. The summed E-state index contributed by atoms with van der Waals surface area (Å²) in [5.41, 5.74) is -0.152. The third-order valence-electron chi connectivity index (χ3n) is 3.17. The molecule has 1 saturated carbocycles. The van der Waals surface area contributed by atoms with Gasteiger partial charge >= 0.3 is 5.97 Å². The van der Waals surface area contributed by atoms with Crippen LogP contribution < -0.4 is 5.32 Å². The Morgan fingerprint density at radius 2 is 1.88 bits per heavy atom. The van der Waals surface area contributed by atoms with E-state index in [1.807, 2.05) is 0 Å². The summed E-state index contributed by atoms with van der Waals surface area (Å²) < 4.78 is 0. The Balaban J connectivity index is 2.23. The summed E-state index contributed by atoms with van der Waals surface area (Å²) in [7, 11) is 0. The number of rotatable bonds is 3. The predicted octanol–water partition coefficient (Wildman–Crippen LogP) is 3.80. The molecule has 5 heteroatoms. The molecule has 1 aromatic rings. The maximum absolute atomic E-state index is 11.4. The topological polar surface area (TPSA) is 49.3 Å². The number of aliphatic carboxylic acids is 1. The van der Waals surface area contributed by atoms with Gasteiger partial charge in [0.15, 0.2) is 0 Å². The first-order valence-electron chi connectivity index (χ1n) is 5.50. The summed E-state index contributed by atoms with van der Waals surface area (Å²) >= 11 is 11.7. The average molecular weight is 274 g/mol. The van der Waals surface area contributed by atoms with E-state index in [9.17, 15) is 9.90 Å². The van der Waals surface area contributed by atoms with Gasteiger partial charge in [0.2, 0.25) is 0 Å². The van der Waals surface area contributed by atoms with Gasteiger partial charge in [-0.25, -0.2) is 4.79 Å². The molecule has 3 nitrogen and oxygen atoms in total. The second-order valence-electron chi connectivity index (χ2n) is 4.35. The molecule has 0 atom stereocenters. The molecule has 92 valence electrons. The zero-order valence-electron chi connectivity index (χ0n) is 9.17. The monoisotopic (exact) mass is 273 g/mol. The molecule has 2 N–H and O–H groups in total. The standard InChI is InChI=1S/C12H13Cl2NO2/c13-9-4-3-8(7-10(9)14)15-12(11(16)17)5-1-2-6-12/h3-4,7,15H,1-2,5-6H2,(H,16,17). The lowest BCUT2D eigenvalue weighted by atomic mass is 9.97. The Hall–Kier alpha value is -0.930. The Labute approximate surface area is 110 Å². The van der Waals surface area contributed by atoms with E-state index in [1.54, 1.807) is 18.2 Å². The van der Waals surface area contributed by atoms with Crippen LogP contribution in [-0.4, -0.2) is 16.6 Å². The molecule has 0 unspecified atom stereocenters. The van der Waals surface area contributed by atoms with E-state index >= 15 is 0 Å². The van der Waals surface area contributed by atoms with Crippen LogP contribution in [0.2, 0.25) is 10.0 Å². The van der Waals surface area contributed by atoms with Crippen LogP contribution in [0.15, 0.2) is 18.2 Å². The van der Waals surface area contributed by atoms with E-state index in [-0.39, 0.29) is 0 Å². The predicted molar refractivity (Wildman–Crippen MR) is 68.9 cm³/mol. The largest absolute Gasteiger partial charge is 0.480 e. The van der Waals surface area contributed by atoms with Crippen LogP contribution in [0, 0.1) is 0 Å². The van der Waals surface area contributed by atoms with Crippen molar-refractivity contribution >= 4 is 34.9 Å². The summed E-state index contributed by atoms with van der Waals surface area (Å²) in [5.74, 6) is -0.805. The lowest BCUT2D eigenvalue weighted by molar-refractivity contribution is -0.142. The van der Waals surface area contributed by atoms with Crippen LogP contribution in [0.5, 0.6) is 0 Å². The summed E-state index contributed by atoms with van der Waals surface area (Å²) in [6.45, 7) is 0. The molecule has 0 radical (unpaired) electrons. The molecule has 0 saturated heterocycles. The van der Waals surface area contributed by atoms with Crippen molar-refractivity contribution < 1.29 is 9.90 Å². The molecule has 1 fully saturated rings. The number of hydrogen-bond acceptors (Lipinski definition) is 2. The number of nitrogens with one attached hydrogen (secondary N) is 1. The van der Waals surface area contributed by atoms with E-state index in [4.69, 9.17) is 23.2 Å². The molecular formula is C12H13Cl2NO2. The van der Waals surface area contributed by atoms with E-state index in [0.29, 0.717) is 28.6 Å². The van der Waals surface area contributed by atoms with E-state index in [0.717, 1.165) is 12.8 Å². The first-order chi connectivity index (χ1) is 8.03. The fraction of sp³-hybridized carbons (Fsp3) is 0.417. The highest BCUT2D eigenvalue weighted by molar-refractivity contribution is 6.42. The van der Waals surface area contributed by atoms with Crippen molar-refractivity contribution in [2.75, 3.05) is 5.32 Å². The molecule has 17 heavy (non-hydrogen) atoms. The molecule has 0 amide bonds. The molecule has 0 aliphatic heterocycles. The van der Waals surface area contributed by atoms with E-state index < -0.39 is 11.5 Å². The zero-order valence-corrected chi connectivity index (χ0v) is 10.7. The van der Waals surface area contributed by atoms with Gasteiger partial charge in [-0.2, -0.15) is 0 Å². The molecule has 0 bridgehead atoms. The summed E-state index contributed by atoms with van der Waals surface area (Å²) in [4.78, 5) is 11.4. The second kappa shape index (κ2) is 4.75. The van der Waals surface area contributed by atoms with E-state index in [2.05, 4.69) is 5.32 Å². The number of anilines is 1. The fourth-order valence-corrected chi connectivity index (χ4v) is 2.52. The third kappa shape index (κ3) is 2.50. The van der Waals surface area contributed by atoms with Crippen molar-refractivity contribution in [3.63, 3.8) is 0 Å². The SMILES string of the molecule is O=C(O)C1(Nc2ccc(Cl)c(Cl)c2)CCCC1. The Morgan fingerprint density at radius 3 is 2.41 bits per heavy atom. The maximum Gasteiger partial charge on any atom is 0.329 e. The van der Waals surface area contributed by atoms with Crippen LogP contribution in [0.3, 0.4) is 0 Å². The van der Waals surface area contributed by atoms with Crippen molar-refractivity contribution in [3.05, 3.63) is 28.2 Å². The normalized spacial score (nSPS) is 18.0. The minimum atomic E-state index is -0.850. The van der Waals surface area contributed by atoms with Crippen LogP contribution in [0.1, 0.15) is 25.7 Å². The van der Waals surface area contributed by atoms with E-state index in [1.165, 1.54) is 0 Å². The van der Waals surface area contributed by atoms with Gasteiger partial charge in [-0.3, -0.25) is 0 Å². The van der Waals surface area contributed by atoms with Crippen LogP contribution in [0.4, 0.5) is 5.69 Å². The van der Waals surface area contributed by atoms with Crippen LogP contribution in [-0.2, 0) is 4.79 Å². The molecule has 2 rings (SSSR count). The second-order valence-corrected chi connectivity index (χ2v) is 5.16.